The van der Waals surface area contributed by atoms with Crippen molar-refractivity contribution in [2.45, 2.75) is 50.9 Å². The molecule has 0 radical (unpaired) electrons. The van der Waals surface area contributed by atoms with Gasteiger partial charge in [-0.2, -0.15) is 18.3 Å². The molecule has 1 fully saturated rings. The summed E-state index contributed by atoms with van der Waals surface area (Å²) >= 11 is 0. The number of anilines is 1. The first kappa shape index (κ1) is 21.1. The number of hydrogen-bond donors (Lipinski definition) is 1. The Kier molecular flexibility index (Phi) is 6.12. The van der Waals surface area contributed by atoms with Crippen LogP contribution in [0.25, 0.3) is 0 Å². The lowest BCUT2D eigenvalue weighted by atomic mass is 9.86. The molecule has 8 nitrogen and oxygen atoms in total. The van der Waals surface area contributed by atoms with Crippen LogP contribution in [0.15, 0.2) is 6.07 Å². The fraction of sp³-hybridized carbons (Fsp3) is 0.667. The summed E-state index contributed by atoms with van der Waals surface area (Å²) in [4.78, 5) is 2.12. The van der Waals surface area contributed by atoms with Crippen LogP contribution in [0.2, 0.25) is 0 Å². The van der Waals surface area contributed by atoms with Crippen molar-refractivity contribution in [2.75, 3.05) is 25.0 Å². The van der Waals surface area contributed by atoms with Crippen LogP contribution in [0.4, 0.5) is 19.0 Å². The van der Waals surface area contributed by atoms with Gasteiger partial charge in [-0.3, -0.25) is 9.58 Å². The molecule has 0 aromatic carbocycles. The fourth-order valence-electron chi connectivity index (χ4n) is 3.67. The molecule has 2 aromatic heterocycles. The number of likely N-dealkylation sites (tertiary alicyclic amines) is 1. The largest absolute Gasteiger partial charge is 0.433 e. The van der Waals surface area contributed by atoms with Gasteiger partial charge >= 0.3 is 6.18 Å². The van der Waals surface area contributed by atoms with E-state index in [1.165, 1.54) is 7.05 Å². The highest BCUT2D eigenvalue weighted by atomic mass is 19.4. The monoisotopic (exact) mass is 410 g/mol. The van der Waals surface area contributed by atoms with Crippen LogP contribution in [0.3, 0.4) is 0 Å². The van der Waals surface area contributed by atoms with Crippen LogP contribution >= 0.6 is 0 Å². The Morgan fingerprint density at radius 2 is 2.03 bits per heavy atom. The first-order valence-electron chi connectivity index (χ1n) is 9.61. The Bertz CT molecular complexity index is 855. The molecule has 3 rings (SSSR count). The average molecular weight is 410 g/mol. The van der Waals surface area contributed by atoms with Crippen molar-refractivity contribution in [1.82, 2.24) is 34.9 Å². The van der Waals surface area contributed by atoms with Gasteiger partial charge in [0.25, 0.3) is 0 Å². The second kappa shape index (κ2) is 8.41. The summed E-state index contributed by atoms with van der Waals surface area (Å²) in [5.74, 6) is 3.40. The van der Waals surface area contributed by atoms with Crippen molar-refractivity contribution in [3.63, 3.8) is 0 Å². The van der Waals surface area contributed by atoms with Gasteiger partial charge in [0.2, 0.25) is 0 Å². The summed E-state index contributed by atoms with van der Waals surface area (Å²) in [6, 6.07) is 1.02. The van der Waals surface area contributed by atoms with E-state index in [4.69, 9.17) is 6.42 Å². The van der Waals surface area contributed by atoms with Crippen LogP contribution in [0, 0.1) is 12.3 Å². The molecule has 1 aliphatic rings. The predicted octanol–water partition coefficient (Wildman–Crippen LogP) is 2.26. The second-order valence-electron chi connectivity index (χ2n) is 7.30. The zero-order valence-corrected chi connectivity index (χ0v) is 16.6. The number of unbranched alkanes of at least 4 members (excludes halogenated alkanes) is 1. The second-order valence-corrected chi connectivity index (χ2v) is 7.30. The number of tetrazole rings is 1. The van der Waals surface area contributed by atoms with E-state index < -0.39 is 17.4 Å². The lowest BCUT2D eigenvalue weighted by Gasteiger charge is -2.40. The molecule has 0 spiro atoms. The molecule has 1 aliphatic heterocycles. The summed E-state index contributed by atoms with van der Waals surface area (Å²) in [5, 5.41) is 19.4. The molecule has 1 saturated heterocycles. The third-order valence-corrected chi connectivity index (χ3v) is 5.25. The Labute approximate surface area is 167 Å². The summed E-state index contributed by atoms with van der Waals surface area (Å²) in [5.41, 5.74) is -1.54. The molecule has 158 valence electrons. The van der Waals surface area contributed by atoms with E-state index in [1.54, 1.807) is 4.68 Å². The van der Waals surface area contributed by atoms with Crippen molar-refractivity contribution in [1.29, 1.82) is 0 Å². The Morgan fingerprint density at radius 1 is 1.31 bits per heavy atom. The van der Waals surface area contributed by atoms with E-state index >= 15 is 0 Å². The number of aromatic nitrogens is 6. The third kappa shape index (κ3) is 4.53. The summed E-state index contributed by atoms with van der Waals surface area (Å²) in [7, 11) is 1.28. The lowest BCUT2D eigenvalue weighted by Crippen LogP contribution is -2.49. The Hall–Kier alpha value is -2.61. The maximum absolute atomic E-state index is 13.2. The maximum atomic E-state index is 13.2. The molecule has 0 unspecified atom stereocenters. The van der Waals surface area contributed by atoms with Gasteiger partial charge in [-0.05, 0) is 29.7 Å². The fourth-order valence-corrected chi connectivity index (χ4v) is 3.67. The van der Waals surface area contributed by atoms with E-state index in [1.807, 2.05) is 0 Å². The minimum atomic E-state index is -4.48. The van der Waals surface area contributed by atoms with Crippen molar-refractivity contribution in [2.24, 2.45) is 7.05 Å². The van der Waals surface area contributed by atoms with Crippen molar-refractivity contribution < 1.29 is 13.2 Å². The minimum Gasteiger partial charge on any atom is -0.356 e. The molecule has 0 saturated carbocycles. The molecular formula is C18H25F3N8. The number of aryl methyl sites for hydroxylation is 2. The summed E-state index contributed by atoms with van der Waals surface area (Å²) < 4.78 is 42.2. The molecule has 2 aromatic rings. The van der Waals surface area contributed by atoms with Crippen molar-refractivity contribution in [3.8, 4) is 12.3 Å². The van der Waals surface area contributed by atoms with Crippen molar-refractivity contribution >= 4 is 5.82 Å². The van der Waals surface area contributed by atoms with E-state index in [0.717, 1.165) is 23.6 Å². The van der Waals surface area contributed by atoms with Crippen LogP contribution < -0.4 is 5.32 Å². The number of alkyl halides is 3. The maximum Gasteiger partial charge on any atom is 0.433 e. The molecule has 29 heavy (non-hydrogen) atoms. The van der Waals surface area contributed by atoms with Gasteiger partial charge in [-0.15, -0.1) is 11.5 Å². The number of piperidine rings is 1. The van der Waals surface area contributed by atoms with E-state index in [-0.39, 0.29) is 5.82 Å². The molecule has 3 heterocycles. The highest BCUT2D eigenvalue weighted by molar-refractivity contribution is 5.41. The van der Waals surface area contributed by atoms with Crippen LogP contribution in [0.1, 0.15) is 44.1 Å². The predicted molar refractivity (Wildman–Crippen MR) is 101 cm³/mol. The summed E-state index contributed by atoms with van der Waals surface area (Å²) in [6.07, 6.45) is 4.01. The molecule has 0 bridgehead atoms. The molecule has 0 atom stereocenters. The van der Waals surface area contributed by atoms with Crippen LogP contribution in [0.5, 0.6) is 0 Å². The van der Waals surface area contributed by atoms with Crippen molar-refractivity contribution in [3.05, 3.63) is 17.6 Å². The van der Waals surface area contributed by atoms with Gasteiger partial charge < -0.3 is 5.32 Å². The van der Waals surface area contributed by atoms with Gasteiger partial charge in [-0.25, -0.2) is 4.68 Å². The number of hydrogen-bond acceptors (Lipinski definition) is 6. The topological polar surface area (TPSA) is 76.7 Å². The number of terminal acetylenes is 1. The van der Waals surface area contributed by atoms with Gasteiger partial charge in [-0.1, -0.05) is 19.3 Å². The Balaban J connectivity index is 1.93. The van der Waals surface area contributed by atoms with Gasteiger partial charge in [0.05, 0.1) is 6.54 Å². The first-order valence-corrected chi connectivity index (χ1v) is 9.61. The zero-order chi connectivity index (χ0) is 21.1. The van der Waals surface area contributed by atoms with Crippen LogP contribution in [-0.4, -0.2) is 54.5 Å². The highest BCUT2D eigenvalue weighted by Crippen LogP contribution is 2.37. The summed E-state index contributed by atoms with van der Waals surface area (Å²) in [6.45, 7) is 4.60. The number of nitrogens with zero attached hydrogens (tertiary/aromatic N) is 7. The normalized spacial score (nSPS) is 17.2. The molecule has 1 N–H and O–H groups in total. The molecular weight excluding hydrogens is 385 g/mol. The van der Waals surface area contributed by atoms with E-state index in [0.29, 0.717) is 44.8 Å². The number of rotatable bonds is 7. The quantitative estimate of drug-likeness (QED) is 0.706. The smallest absolute Gasteiger partial charge is 0.356 e. The average Bonchev–Trinajstić information content (AvgIpc) is 3.28. The third-order valence-electron chi connectivity index (χ3n) is 5.25. The van der Waals surface area contributed by atoms with Gasteiger partial charge in [0.1, 0.15) is 17.1 Å². The van der Waals surface area contributed by atoms with Crippen LogP contribution in [-0.2, 0) is 25.3 Å². The van der Waals surface area contributed by atoms with Gasteiger partial charge in [0.15, 0.2) is 5.82 Å². The van der Waals surface area contributed by atoms with E-state index in [2.05, 4.69) is 43.7 Å². The zero-order valence-electron chi connectivity index (χ0n) is 16.6. The molecule has 0 amide bonds. The molecule has 0 aliphatic carbocycles. The molecule has 11 heteroatoms. The SMILES string of the molecule is C#CCN1CCC(Nc2cc(C(F)(F)F)n(C)n2)(c2nnnn2CCCC)CC1. The first-order chi connectivity index (χ1) is 13.8. The number of halogens is 3. The minimum absolute atomic E-state index is 0.148. The Morgan fingerprint density at radius 3 is 2.62 bits per heavy atom. The standard InChI is InChI=1S/C18H25F3N8/c1-4-6-10-29-16(23-25-26-29)17(7-11-28(9-5-2)12-8-17)22-15-13-14(18(19,20)21)27(3)24-15/h2,13H,4,6-12H2,1,3H3,(H,22,24). The number of nitrogens with one attached hydrogen (secondary N) is 1. The highest BCUT2D eigenvalue weighted by Gasteiger charge is 2.42. The van der Waals surface area contributed by atoms with Gasteiger partial charge in [0, 0.05) is 32.7 Å². The van der Waals surface area contributed by atoms with E-state index in [9.17, 15) is 13.2 Å². The lowest BCUT2D eigenvalue weighted by molar-refractivity contribution is -0.143.